The van der Waals surface area contributed by atoms with Gasteiger partial charge in [-0.2, -0.15) is 4.98 Å². The van der Waals surface area contributed by atoms with Gasteiger partial charge in [0.05, 0.1) is 5.54 Å². The summed E-state index contributed by atoms with van der Waals surface area (Å²) < 4.78 is 5.43. The number of pyridine rings is 1. The normalized spacial score (nSPS) is 18.6. The Balaban J connectivity index is 1.76. The topological polar surface area (TPSA) is 77.8 Å². The number of hydrogen-bond donors (Lipinski definition) is 1. The van der Waals surface area contributed by atoms with Crippen molar-refractivity contribution < 1.29 is 4.52 Å². The minimum atomic E-state index is -0.431. The predicted molar refractivity (Wildman–Crippen MR) is 74.9 cm³/mol. The van der Waals surface area contributed by atoms with Crippen LogP contribution in [-0.2, 0) is 12.0 Å². The molecular weight excluding hydrogens is 252 g/mol. The Bertz CT molecular complexity index is 544. The second-order valence-electron chi connectivity index (χ2n) is 5.62. The highest BCUT2D eigenvalue weighted by Crippen LogP contribution is 2.32. The standard InChI is InChI=1S/C15H20N4O/c16-15(7-3-1-2-4-8-15)14-18-13(19-20-14)11-12-5-9-17-10-6-12/h5-6,9-10H,1-4,7-8,11,16H2. The van der Waals surface area contributed by atoms with E-state index in [0.717, 1.165) is 31.2 Å². The van der Waals surface area contributed by atoms with Crippen LogP contribution in [0.3, 0.4) is 0 Å². The van der Waals surface area contributed by atoms with Crippen LogP contribution in [0.1, 0.15) is 55.8 Å². The summed E-state index contributed by atoms with van der Waals surface area (Å²) in [4.78, 5) is 8.52. The van der Waals surface area contributed by atoms with Crippen LogP contribution in [0, 0.1) is 0 Å². The minimum Gasteiger partial charge on any atom is -0.337 e. The van der Waals surface area contributed by atoms with Gasteiger partial charge in [-0.15, -0.1) is 0 Å². The third kappa shape index (κ3) is 2.88. The van der Waals surface area contributed by atoms with Crippen molar-refractivity contribution in [1.82, 2.24) is 15.1 Å². The third-order valence-electron chi connectivity index (χ3n) is 4.00. The summed E-state index contributed by atoms with van der Waals surface area (Å²) in [6, 6.07) is 3.92. The van der Waals surface area contributed by atoms with Crippen LogP contribution < -0.4 is 5.73 Å². The van der Waals surface area contributed by atoms with Crippen molar-refractivity contribution in [3.63, 3.8) is 0 Å². The van der Waals surface area contributed by atoms with Crippen LogP contribution in [0.25, 0.3) is 0 Å². The minimum absolute atomic E-state index is 0.431. The molecule has 1 aliphatic carbocycles. The van der Waals surface area contributed by atoms with Gasteiger partial charge in [0, 0.05) is 18.8 Å². The van der Waals surface area contributed by atoms with Gasteiger partial charge in [0.2, 0.25) is 5.89 Å². The molecule has 3 rings (SSSR count). The molecule has 2 N–H and O–H groups in total. The Labute approximate surface area is 118 Å². The number of nitrogens with two attached hydrogens (primary N) is 1. The van der Waals surface area contributed by atoms with Crippen molar-refractivity contribution in [3.05, 3.63) is 41.8 Å². The Morgan fingerprint density at radius 3 is 2.50 bits per heavy atom. The first-order chi connectivity index (χ1) is 9.76. The van der Waals surface area contributed by atoms with E-state index in [0.29, 0.717) is 18.1 Å². The van der Waals surface area contributed by atoms with E-state index in [9.17, 15) is 0 Å². The molecule has 0 bridgehead atoms. The van der Waals surface area contributed by atoms with Crippen molar-refractivity contribution in [2.24, 2.45) is 5.73 Å². The second-order valence-corrected chi connectivity index (χ2v) is 5.62. The van der Waals surface area contributed by atoms with Crippen molar-refractivity contribution in [2.75, 3.05) is 0 Å². The van der Waals surface area contributed by atoms with Crippen molar-refractivity contribution in [2.45, 2.75) is 50.5 Å². The fourth-order valence-corrected chi connectivity index (χ4v) is 2.78. The average Bonchev–Trinajstić information content (AvgIpc) is 2.82. The maximum atomic E-state index is 6.48. The Kier molecular flexibility index (Phi) is 3.78. The molecule has 106 valence electrons. The number of hydrogen-bond acceptors (Lipinski definition) is 5. The lowest BCUT2D eigenvalue weighted by molar-refractivity contribution is 0.256. The van der Waals surface area contributed by atoms with Crippen LogP contribution >= 0.6 is 0 Å². The average molecular weight is 272 g/mol. The molecule has 0 aromatic carbocycles. The Hall–Kier alpha value is -1.75. The SMILES string of the molecule is NC1(c2nc(Cc3ccncc3)no2)CCCCCC1. The molecule has 0 radical (unpaired) electrons. The van der Waals surface area contributed by atoms with E-state index in [4.69, 9.17) is 10.3 Å². The van der Waals surface area contributed by atoms with E-state index < -0.39 is 5.54 Å². The number of rotatable bonds is 3. The summed E-state index contributed by atoms with van der Waals surface area (Å²) >= 11 is 0. The van der Waals surface area contributed by atoms with Crippen LogP contribution in [0.5, 0.6) is 0 Å². The maximum Gasteiger partial charge on any atom is 0.246 e. The number of nitrogens with zero attached hydrogens (tertiary/aromatic N) is 3. The first-order valence-electron chi connectivity index (χ1n) is 7.27. The van der Waals surface area contributed by atoms with Gasteiger partial charge >= 0.3 is 0 Å². The quantitative estimate of drug-likeness (QED) is 0.869. The Morgan fingerprint density at radius 1 is 1.10 bits per heavy atom. The molecule has 0 spiro atoms. The molecule has 2 aromatic heterocycles. The highest BCUT2D eigenvalue weighted by molar-refractivity contribution is 5.15. The fourth-order valence-electron chi connectivity index (χ4n) is 2.78. The molecule has 1 aliphatic rings. The Morgan fingerprint density at radius 2 is 1.80 bits per heavy atom. The second kappa shape index (κ2) is 5.71. The summed E-state index contributed by atoms with van der Waals surface area (Å²) in [6.07, 6.45) is 10.8. The van der Waals surface area contributed by atoms with Crippen molar-refractivity contribution >= 4 is 0 Å². The van der Waals surface area contributed by atoms with Crippen LogP contribution in [0.4, 0.5) is 0 Å². The third-order valence-corrected chi connectivity index (χ3v) is 4.00. The van der Waals surface area contributed by atoms with Gasteiger partial charge in [-0.25, -0.2) is 0 Å². The molecule has 5 heteroatoms. The smallest absolute Gasteiger partial charge is 0.246 e. The molecule has 1 fully saturated rings. The summed E-state index contributed by atoms with van der Waals surface area (Å²) in [6.45, 7) is 0. The molecule has 20 heavy (non-hydrogen) atoms. The van der Waals surface area contributed by atoms with E-state index >= 15 is 0 Å². The van der Waals surface area contributed by atoms with Crippen molar-refractivity contribution in [1.29, 1.82) is 0 Å². The first kappa shape index (κ1) is 13.2. The molecule has 0 saturated heterocycles. The van der Waals surface area contributed by atoms with E-state index in [1.807, 2.05) is 12.1 Å². The molecule has 5 nitrogen and oxygen atoms in total. The lowest BCUT2D eigenvalue weighted by Crippen LogP contribution is -2.36. The molecule has 2 heterocycles. The zero-order chi connectivity index (χ0) is 13.8. The molecule has 2 aromatic rings. The lowest BCUT2D eigenvalue weighted by atomic mass is 9.91. The van der Waals surface area contributed by atoms with Gasteiger partial charge in [0.1, 0.15) is 0 Å². The molecule has 0 amide bonds. The first-order valence-corrected chi connectivity index (χ1v) is 7.27. The van der Waals surface area contributed by atoms with E-state index in [1.165, 1.54) is 12.8 Å². The van der Waals surface area contributed by atoms with Crippen LogP contribution in [0.15, 0.2) is 29.0 Å². The highest BCUT2D eigenvalue weighted by Gasteiger charge is 2.34. The van der Waals surface area contributed by atoms with Crippen molar-refractivity contribution in [3.8, 4) is 0 Å². The van der Waals surface area contributed by atoms with E-state index in [2.05, 4.69) is 15.1 Å². The zero-order valence-corrected chi connectivity index (χ0v) is 11.6. The van der Waals surface area contributed by atoms with Crippen LogP contribution in [0.2, 0.25) is 0 Å². The predicted octanol–water partition coefficient (Wildman–Crippen LogP) is 2.56. The molecular formula is C15H20N4O. The van der Waals surface area contributed by atoms with Gasteiger partial charge in [-0.3, -0.25) is 4.98 Å². The summed E-state index contributed by atoms with van der Waals surface area (Å²) in [7, 11) is 0. The molecule has 0 atom stereocenters. The van der Waals surface area contributed by atoms with Gasteiger partial charge in [-0.05, 0) is 30.5 Å². The molecule has 0 aliphatic heterocycles. The summed E-state index contributed by atoms with van der Waals surface area (Å²) in [5.74, 6) is 1.30. The number of aromatic nitrogens is 3. The van der Waals surface area contributed by atoms with Gasteiger partial charge in [0.15, 0.2) is 5.82 Å². The fraction of sp³-hybridized carbons (Fsp3) is 0.533. The molecule has 1 saturated carbocycles. The monoisotopic (exact) mass is 272 g/mol. The van der Waals surface area contributed by atoms with Gasteiger partial charge < -0.3 is 10.3 Å². The summed E-state index contributed by atoms with van der Waals surface area (Å²) in [5, 5.41) is 4.08. The van der Waals surface area contributed by atoms with E-state index in [1.54, 1.807) is 12.4 Å². The lowest BCUT2D eigenvalue weighted by Gasteiger charge is -2.22. The molecule has 0 unspecified atom stereocenters. The zero-order valence-electron chi connectivity index (χ0n) is 11.6. The maximum absolute atomic E-state index is 6.48. The summed E-state index contributed by atoms with van der Waals surface area (Å²) in [5.41, 5.74) is 7.17. The van der Waals surface area contributed by atoms with Gasteiger partial charge in [0.25, 0.3) is 0 Å². The van der Waals surface area contributed by atoms with E-state index in [-0.39, 0.29) is 0 Å². The highest BCUT2D eigenvalue weighted by atomic mass is 16.5. The largest absolute Gasteiger partial charge is 0.337 e. The van der Waals surface area contributed by atoms with Gasteiger partial charge in [-0.1, -0.05) is 30.8 Å². The van der Waals surface area contributed by atoms with Crippen LogP contribution in [-0.4, -0.2) is 15.1 Å².